The summed E-state index contributed by atoms with van der Waals surface area (Å²) in [4.78, 5) is 14.8. The highest BCUT2D eigenvalue weighted by Gasteiger charge is 2.23. The van der Waals surface area contributed by atoms with Crippen molar-refractivity contribution in [2.24, 2.45) is 11.8 Å². The summed E-state index contributed by atoms with van der Waals surface area (Å²) in [6.45, 7) is 11.5. The Hall–Kier alpha value is -0.330. The number of amides is 1. The summed E-state index contributed by atoms with van der Waals surface area (Å²) in [7, 11) is 0. The fourth-order valence-electron chi connectivity index (χ4n) is 3.69. The van der Waals surface area contributed by atoms with Crippen LogP contribution < -0.4 is 10.6 Å². The van der Waals surface area contributed by atoms with Crippen LogP contribution in [0.3, 0.4) is 0 Å². The minimum atomic E-state index is 0. The molecular weight excluding hydrogens is 389 g/mol. The van der Waals surface area contributed by atoms with Gasteiger partial charge in [0.15, 0.2) is 0 Å². The van der Waals surface area contributed by atoms with Crippen LogP contribution in [0.15, 0.2) is 16.8 Å². The maximum atomic E-state index is 12.4. The average Bonchev–Trinajstić information content (AvgIpc) is 3.13. The first kappa shape index (κ1) is 25.7. The molecule has 2 N–H and O–H groups in total. The zero-order chi connectivity index (χ0) is 17.4. The van der Waals surface area contributed by atoms with Crippen LogP contribution in [0.25, 0.3) is 0 Å². The van der Waals surface area contributed by atoms with Crippen molar-refractivity contribution < 1.29 is 4.79 Å². The Kier molecular flexibility index (Phi) is 13.6. The van der Waals surface area contributed by atoms with Gasteiger partial charge in [-0.05, 0) is 73.2 Å². The number of nitrogens with one attached hydrogen (secondary N) is 2. The number of thiophene rings is 1. The molecule has 1 aromatic heterocycles. The van der Waals surface area contributed by atoms with Crippen LogP contribution in [0.4, 0.5) is 0 Å². The van der Waals surface area contributed by atoms with Crippen molar-refractivity contribution in [3.63, 3.8) is 0 Å². The summed E-state index contributed by atoms with van der Waals surface area (Å²) in [5.74, 6) is 1.28. The molecular formula is C19H35Cl2N3OS. The second-order valence-corrected chi connectivity index (χ2v) is 7.67. The van der Waals surface area contributed by atoms with Gasteiger partial charge in [0.05, 0.1) is 6.04 Å². The van der Waals surface area contributed by atoms with Crippen molar-refractivity contribution in [1.82, 2.24) is 15.5 Å². The summed E-state index contributed by atoms with van der Waals surface area (Å²) in [6.07, 6.45) is 3.12. The third-order valence-corrected chi connectivity index (χ3v) is 6.02. The van der Waals surface area contributed by atoms with Crippen molar-refractivity contribution in [2.45, 2.75) is 46.1 Å². The first-order valence-electron chi connectivity index (χ1n) is 9.39. The SMILES string of the molecule is CCN(CC)C(CNC(=O)CC(C)C1CCCNC1)c1ccsc1.Cl.Cl. The van der Waals surface area contributed by atoms with Crippen LogP contribution in [0, 0.1) is 11.8 Å². The zero-order valence-corrected chi connectivity index (χ0v) is 18.7. The Bertz CT molecular complexity index is 477. The van der Waals surface area contributed by atoms with Gasteiger partial charge in [0.25, 0.3) is 0 Å². The number of nitrogens with zero attached hydrogens (tertiary/aromatic N) is 1. The molecule has 1 amide bonds. The predicted molar refractivity (Wildman–Crippen MR) is 117 cm³/mol. The molecule has 2 heterocycles. The molecule has 1 aliphatic rings. The zero-order valence-electron chi connectivity index (χ0n) is 16.2. The first-order valence-corrected chi connectivity index (χ1v) is 10.3. The van der Waals surface area contributed by atoms with E-state index in [1.54, 1.807) is 11.3 Å². The molecule has 0 aromatic carbocycles. The van der Waals surface area contributed by atoms with Crippen LogP contribution in [0.2, 0.25) is 0 Å². The highest BCUT2D eigenvalue weighted by atomic mass is 35.5. The normalized spacial score (nSPS) is 19.2. The van der Waals surface area contributed by atoms with E-state index in [4.69, 9.17) is 0 Å². The maximum absolute atomic E-state index is 12.4. The van der Waals surface area contributed by atoms with E-state index in [0.717, 1.165) is 26.2 Å². The molecule has 1 aliphatic heterocycles. The molecule has 0 saturated carbocycles. The fourth-order valence-corrected chi connectivity index (χ4v) is 4.40. The standard InChI is InChI=1S/C19H33N3OS.2ClH/c1-4-22(5-2)18(17-8-10-24-14-17)13-21-19(23)11-15(3)16-7-6-9-20-12-16;;/h8,10,14-16,18,20H,4-7,9,11-13H2,1-3H3,(H,21,23);2*1H. The summed E-state index contributed by atoms with van der Waals surface area (Å²) in [6, 6.07) is 2.46. The van der Waals surface area contributed by atoms with Gasteiger partial charge in [-0.2, -0.15) is 11.3 Å². The number of likely N-dealkylation sites (N-methyl/N-ethyl adjacent to an activating group) is 1. The van der Waals surface area contributed by atoms with Crippen molar-refractivity contribution >= 4 is 42.1 Å². The van der Waals surface area contributed by atoms with E-state index in [-0.39, 0.29) is 36.8 Å². The molecule has 1 fully saturated rings. The Morgan fingerprint density at radius 2 is 2.12 bits per heavy atom. The van der Waals surface area contributed by atoms with Crippen LogP contribution in [0.1, 0.15) is 51.6 Å². The molecule has 1 aromatic rings. The van der Waals surface area contributed by atoms with Crippen LogP contribution in [-0.2, 0) is 4.79 Å². The van der Waals surface area contributed by atoms with Gasteiger partial charge < -0.3 is 10.6 Å². The summed E-state index contributed by atoms with van der Waals surface area (Å²) >= 11 is 1.72. The lowest BCUT2D eigenvalue weighted by Gasteiger charge is -2.30. The van der Waals surface area contributed by atoms with Crippen molar-refractivity contribution in [1.29, 1.82) is 0 Å². The molecule has 4 nitrogen and oxygen atoms in total. The van der Waals surface area contributed by atoms with Gasteiger partial charge in [0.2, 0.25) is 5.91 Å². The van der Waals surface area contributed by atoms with E-state index in [2.05, 4.69) is 53.1 Å². The topological polar surface area (TPSA) is 44.4 Å². The van der Waals surface area contributed by atoms with E-state index in [1.807, 2.05) is 0 Å². The highest BCUT2D eigenvalue weighted by Crippen LogP contribution is 2.24. The molecule has 3 unspecified atom stereocenters. The highest BCUT2D eigenvalue weighted by molar-refractivity contribution is 7.07. The summed E-state index contributed by atoms with van der Waals surface area (Å²) in [5.41, 5.74) is 1.31. The molecule has 3 atom stereocenters. The third kappa shape index (κ3) is 7.73. The van der Waals surface area contributed by atoms with Gasteiger partial charge in [-0.3, -0.25) is 9.69 Å². The third-order valence-electron chi connectivity index (χ3n) is 5.32. The minimum Gasteiger partial charge on any atom is -0.354 e. The molecule has 26 heavy (non-hydrogen) atoms. The van der Waals surface area contributed by atoms with Gasteiger partial charge in [-0.1, -0.05) is 20.8 Å². The fraction of sp³-hybridized carbons (Fsp3) is 0.737. The van der Waals surface area contributed by atoms with Crippen LogP contribution >= 0.6 is 36.2 Å². The largest absolute Gasteiger partial charge is 0.354 e. The number of hydrogen-bond acceptors (Lipinski definition) is 4. The van der Waals surface area contributed by atoms with Gasteiger partial charge in [0, 0.05) is 13.0 Å². The predicted octanol–water partition coefficient (Wildman–Crippen LogP) is 4.12. The van der Waals surface area contributed by atoms with Crippen LogP contribution in [0.5, 0.6) is 0 Å². The Labute approximate surface area is 175 Å². The molecule has 0 bridgehead atoms. The molecule has 0 radical (unpaired) electrons. The molecule has 152 valence electrons. The maximum Gasteiger partial charge on any atom is 0.220 e. The van der Waals surface area contributed by atoms with E-state index < -0.39 is 0 Å². The average molecular weight is 424 g/mol. The number of piperidine rings is 1. The minimum absolute atomic E-state index is 0. The Morgan fingerprint density at radius 1 is 1.38 bits per heavy atom. The van der Waals surface area contributed by atoms with Gasteiger partial charge in [0.1, 0.15) is 0 Å². The van der Waals surface area contributed by atoms with E-state index >= 15 is 0 Å². The Balaban J connectivity index is 0.00000312. The lowest BCUT2D eigenvalue weighted by atomic mass is 9.85. The quantitative estimate of drug-likeness (QED) is 0.627. The first-order chi connectivity index (χ1) is 11.7. The van der Waals surface area contributed by atoms with Gasteiger partial charge >= 0.3 is 0 Å². The second-order valence-electron chi connectivity index (χ2n) is 6.89. The lowest BCUT2D eigenvalue weighted by Crippen LogP contribution is -2.39. The number of rotatable bonds is 9. The molecule has 0 spiro atoms. The molecule has 2 rings (SSSR count). The van der Waals surface area contributed by atoms with Gasteiger partial charge in [-0.15, -0.1) is 24.8 Å². The molecule has 7 heteroatoms. The van der Waals surface area contributed by atoms with Crippen molar-refractivity contribution in [3.8, 4) is 0 Å². The number of halogens is 2. The van der Waals surface area contributed by atoms with Gasteiger partial charge in [-0.25, -0.2) is 0 Å². The van der Waals surface area contributed by atoms with Crippen molar-refractivity contribution in [3.05, 3.63) is 22.4 Å². The number of carbonyl (C=O) groups excluding carboxylic acids is 1. The van der Waals surface area contributed by atoms with Crippen molar-refractivity contribution in [2.75, 3.05) is 32.7 Å². The summed E-state index contributed by atoms with van der Waals surface area (Å²) < 4.78 is 0. The second kappa shape index (κ2) is 13.8. The summed E-state index contributed by atoms with van der Waals surface area (Å²) in [5, 5.41) is 11.0. The Morgan fingerprint density at radius 3 is 2.65 bits per heavy atom. The number of hydrogen-bond donors (Lipinski definition) is 2. The lowest BCUT2D eigenvalue weighted by molar-refractivity contribution is -0.122. The van der Waals surface area contributed by atoms with E-state index in [9.17, 15) is 4.79 Å². The number of carbonyl (C=O) groups is 1. The van der Waals surface area contributed by atoms with E-state index in [1.165, 1.54) is 18.4 Å². The smallest absolute Gasteiger partial charge is 0.220 e. The molecule has 0 aliphatic carbocycles. The van der Waals surface area contributed by atoms with Crippen LogP contribution in [-0.4, -0.2) is 43.5 Å². The monoisotopic (exact) mass is 423 g/mol. The molecule has 1 saturated heterocycles. The van der Waals surface area contributed by atoms with E-state index in [0.29, 0.717) is 24.8 Å².